The zero-order valence-corrected chi connectivity index (χ0v) is 11.6. The summed E-state index contributed by atoms with van der Waals surface area (Å²) in [4.78, 5) is 27.7. The predicted molar refractivity (Wildman–Crippen MR) is 77.6 cm³/mol. The third-order valence-corrected chi connectivity index (χ3v) is 3.21. The number of imidazole rings is 1. The largest absolute Gasteiger partial charge is 0.382 e. The lowest BCUT2D eigenvalue weighted by atomic mass is 10.3. The van der Waals surface area contributed by atoms with Gasteiger partial charge in [0.1, 0.15) is 11.8 Å². The highest BCUT2D eigenvalue weighted by Gasteiger charge is 2.07. The van der Waals surface area contributed by atoms with E-state index in [0.29, 0.717) is 30.1 Å². The number of aryl methyl sites for hydroxylation is 3. The number of hydrogen-bond donors (Lipinski definition) is 1. The number of nitrogen functional groups attached to an aromatic ring is 1. The van der Waals surface area contributed by atoms with Crippen molar-refractivity contribution in [3.05, 3.63) is 41.1 Å². The summed E-state index contributed by atoms with van der Waals surface area (Å²) in [7, 11) is 0. The van der Waals surface area contributed by atoms with Crippen molar-refractivity contribution in [1.29, 1.82) is 0 Å². The maximum Gasteiger partial charge on any atom is 0.347 e. The molecule has 8 heteroatoms. The van der Waals surface area contributed by atoms with E-state index >= 15 is 0 Å². The minimum Gasteiger partial charge on any atom is -0.382 e. The third-order valence-electron chi connectivity index (χ3n) is 3.21. The first-order valence-electron chi connectivity index (χ1n) is 6.59. The van der Waals surface area contributed by atoms with E-state index in [0.717, 1.165) is 12.0 Å². The maximum atomic E-state index is 11.6. The molecule has 0 aliphatic heterocycles. The number of nitrogens with zero attached hydrogens (tertiary/aromatic N) is 6. The van der Waals surface area contributed by atoms with Crippen molar-refractivity contribution < 1.29 is 0 Å². The highest BCUT2D eigenvalue weighted by Crippen LogP contribution is 2.14. The Bertz CT molecular complexity index is 836. The molecule has 0 spiro atoms. The molecule has 3 aromatic heterocycles. The molecule has 0 atom stereocenters. The first-order chi connectivity index (χ1) is 10.1. The molecule has 0 amide bonds. The summed E-state index contributed by atoms with van der Waals surface area (Å²) >= 11 is 0. The second kappa shape index (κ2) is 5.31. The topological polar surface area (TPSA) is 105 Å². The minimum absolute atomic E-state index is 0.234. The van der Waals surface area contributed by atoms with Gasteiger partial charge in [-0.15, -0.1) is 0 Å². The van der Waals surface area contributed by atoms with Crippen LogP contribution in [0.1, 0.15) is 12.0 Å². The van der Waals surface area contributed by atoms with Crippen molar-refractivity contribution in [2.45, 2.75) is 26.4 Å². The molecule has 2 N–H and O–H groups in total. The van der Waals surface area contributed by atoms with E-state index in [1.165, 1.54) is 6.33 Å². The Balaban J connectivity index is 1.74. The fraction of sp³-hybridized carbons (Fsp3) is 0.308. The molecule has 0 fully saturated rings. The first-order valence-corrected chi connectivity index (χ1v) is 6.59. The SMILES string of the molecule is Cc1cnc(=O)n(CCCn2cnc3c(N)ncnc32)c1. The molecule has 0 unspecified atom stereocenters. The van der Waals surface area contributed by atoms with Gasteiger partial charge in [-0.1, -0.05) is 0 Å². The molecule has 0 aliphatic rings. The summed E-state index contributed by atoms with van der Waals surface area (Å²) in [6.07, 6.45) is 7.25. The number of aromatic nitrogens is 6. The summed E-state index contributed by atoms with van der Waals surface area (Å²) < 4.78 is 3.51. The summed E-state index contributed by atoms with van der Waals surface area (Å²) in [6, 6.07) is 0. The van der Waals surface area contributed by atoms with E-state index in [2.05, 4.69) is 19.9 Å². The minimum atomic E-state index is -0.234. The summed E-state index contributed by atoms with van der Waals surface area (Å²) in [5.74, 6) is 0.373. The Labute approximate surface area is 120 Å². The van der Waals surface area contributed by atoms with Gasteiger partial charge in [0, 0.05) is 25.5 Å². The van der Waals surface area contributed by atoms with Crippen LogP contribution in [0.2, 0.25) is 0 Å². The highest BCUT2D eigenvalue weighted by atomic mass is 16.1. The molecule has 0 radical (unpaired) electrons. The van der Waals surface area contributed by atoms with Crippen LogP contribution in [0.3, 0.4) is 0 Å². The Morgan fingerprint density at radius 2 is 1.95 bits per heavy atom. The van der Waals surface area contributed by atoms with Gasteiger partial charge in [-0.3, -0.25) is 4.57 Å². The van der Waals surface area contributed by atoms with Crippen LogP contribution in [0.5, 0.6) is 0 Å². The quantitative estimate of drug-likeness (QED) is 0.742. The van der Waals surface area contributed by atoms with E-state index in [9.17, 15) is 4.79 Å². The van der Waals surface area contributed by atoms with Crippen LogP contribution in [0, 0.1) is 6.92 Å². The van der Waals surface area contributed by atoms with Crippen LogP contribution in [-0.2, 0) is 13.1 Å². The van der Waals surface area contributed by atoms with E-state index in [-0.39, 0.29) is 5.69 Å². The predicted octanol–water partition coefficient (Wildman–Crippen LogP) is 0.364. The fourth-order valence-electron chi connectivity index (χ4n) is 2.20. The lowest BCUT2D eigenvalue weighted by molar-refractivity contribution is 0.548. The van der Waals surface area contributed by atoms with Gasteiger partial charge >= 0.3 is 5.69 Å². The number of anilines is 1. The Morgan fingerprint density at radius 3 is 2.81 bits per heavy atom. The Kier molecular flexibility index (Phi) is 3.35. The normalized spacial score (nSPS) is 11.1. The van der Waals surface area contributed by atoms with Crippen molar-refractivity contribution in [3.8, 4) is 0 Å². The third kappa shape index (κ3) is 2.60. The lowest BCUT2D eigenvalue weighted by Gasteiger charge is -2.06. The molecule has 8 nitrogen and oxygen atoms in total. The number of rotatable bonds is 4. The maximum absolute atomic E-state index is 11.6. The van der Waals surface area contributed by atoms with E-state index in [1.54, 1.807) is 17.1 Å². The molecule has 21 heavy (non-hydrogen) atoms. The van der Waals surface area contributed by atoms with E-state index in [1.807, 2.05) is 17.7 Å². The first kappa shape index (κ1) is 13.2. The number of hydrogen-bond acceptors (Lipinski definition) is 6. The Morgan fingerprint density at radius 1 is 1.14 bits per heavy atom. The molecule has 0 saturated carbocycles. The average Bonchev–Trinajstić information content (AvgIpc) is 2.88. The average molecular weight is 285 g/mol. The van der Waals surface area contributed by atoms with Crippen LogP contribution in [0.25, 0.3) is 11.2 Å². The zero-order chi connectivity index (χ0) is 14.8. The smallest absolute Gasteiger partial charge is 0.347 e. The van der Waals surface area contributed by atoms with Crippen LogP contribution in [-0.4, -0.2) is 29.1 Å². The molecule has 3 heterocycles. The second-order valence-electron chi connectivity index (χ2n) is 4.83. The standard InChI is InChI=1S/C13H15N7O/c1-9-5-15-13(21)19(6-9)3-2-4-20-8-18-10-11(14)16-7-17-12(10)20/h5-8H,2-4H2,1H3,(H2,14,16,17). The number of nitrogens with two attached hydrogens (primary N) is 1. The van der Waals surface area contributed by atoms with Gasteiger partial charge in [0.05, 0.1) is 6.33 Å². The fourth-order valence-corrected chi connectivity index (χ4v) is 2.20. The zero-order valence-electron chi connectivity index (χ0n) is 11.6. The van der Waals surface area contributed by atoms with Gasteiger partial charge in [-0.05, 0) is 18.9 Å². The van der Waals surface area contributed by atoms with Gasteiger partial charge in [0.2, 0.25) is 0 Å². The molecule has 0 saturated heterocycles. The molecule has 0 aromatic carbocycles. The van der Waals surface area contributed by atoms with Crippen LogP contribution < -0.4 is 11.4 Å². The van der Waals surface area contributed by atoms with Gasteiger partial charge < -0.3 is 10.3 Å². The Hall–Kier alpha value is -2.77. The van der Waals surface area contributed by atoms with Gasteiger partial charge in [0.15, 0.2) is 11.5 Å². The van der Waals surface area contributed by atoms with Crippen LogP contribution in [0.15, 0.2) is 29.8 Å². The summed E-state index contributed by atoms with van der Waals surface area (Å²) in [5.41, 5.74) is 7.78. The molecule has 0 aliphatic carbocycles. The van der Waals surface area contributed by atoms with Crippen molar-refractivity contribution in [2.75, 3.05) is 5.73 Å². The van der Waals surface area contributed by atoms with Crippen molar-refractivity contribution in [2.24, 2.45) is 0 Å². The van der Waals surface area contributed by atoms with Gasteiger partial charge in [-0.25, -0.2) is 24.7 Å². The van der Waals surface area contributed by atoms with E-state index < -0.39 is 0 Å². The molecule has 0 bridgehead atoms. The molecule has 3 rings (SSSR count). The summed E-state index contributed by atoms with van der Waals surface area (Å²) in [5, 5.41) is 0. The van der Waals surface area contributed by atoms with Gasteiger partial charge in [0.25, 0.3) is 0 Å². The van der Waals surface area contributed by atoms with Gasteiger partial charge in [-0.2, -0.15) is 0 Å². The van der Waals surface area contributed by atoms with Crippen molar-refractivity contribution in [3.63, 3.8) is 0 Å². The molecular weight excluding hydrogens is 270 g/mol. The van der Waals surface area contributed by atoms with Crippen molar-refractivity contribution >= 4 is 17.0 Å². The summed E-state index contributed by atoms with van der Waals surface area (Å²) in [6.45, 7) is 3.19. The number of fused-ring (bicyclic) bond motifs is 1. The van der Waals surface area contributed by atoms with Crippen LogP contribution in [0.4, 0.5) is 5.82 Å². The monoisotopic (exact) mass is 285 g/mol. The van der Waals surface area contributed by atoms with Crippen LogP contribution >= 0.6 is 0 Å². The van der Waals surface area contributed by atoms with Crippen molar-refractivity contribution in [1.82, 2.24) is 29.1 Å². The van der Waals surface area contributed by atoms with E-state index in [4.69, 9.17) is 5.73 Å². The molecule has 108 valence electrons. The lowest BCUT2D eigenvalue weighted by Crippen LogP contribution is -2.23. The second-order valence-corrected chi connectivity index (χ2v) is 4.83. The highest BCUT2D eigenvalue weighted by molar-refractivity contribution is 5.80. The molecular formula is C13H15N7O. The molecule has 3 aromatic rings.